The number of esters is 1. The van der Waals surface area contributed by atoms with E-state index in [1.54, 1.807) is 0 Å². The zero-order chi connectivity index (χ0) is 30.4. The van der Waals surface area contributed by atoms with Crippen molar-refractivity contribution < 1.29 is 14.3 Å². The summed E-state index contributed by atoms with van der Waals surface area (Å²) in [5.74, 6) is 1.22. The molecule has 0 N–H and O–H groups in total. The lowest BCUT2D eigenvalue weighted by Crippen LogP contribution is -2.45. The van der Waals surface area contributed by atoms with Gasteiger partial charge in [-0.1, -0.05) is 63.8 Å². The highest BCUT2D eigenvalue weighted by molar-refractivity contribution is 5.97. The van der Waals surface area contributed by atoms with Crippen LogP contribution >= 0.6 is 0 Å². The Balaban J connectivity index is 1.53. The molecule has 0 radical (unpaired) electrons. The maximum atomic E-state index is 13.5. The zero-order valence-corrected chi connectivity index (χ0v) is 26.8. The van der Waals surface area contributed by atoms with Crippen molar-refractivity contribution in [1.82, 2.24) is 0 Å². The highest BCUT2D eigenvalue weighted by Crippen LogP contribution is 2.58. The molecule has 0 amide bonds. The smallest absolute Gasteiger partial charge is 0.340 e. The number of likely N-dealkylation sites (N-methyl/N-ethyl adjacent to an activating group) is 1. The zero-order valence-electron chi connectivity index (χ0n) is 26.8. The van der Waals surface area contributed by atoms with Crippen molar-refractivity contribution in [3.05, 3.63) is 88.5 Å². The first kappa shape index (κ1) is 29.3. The molecule has 0 saturated carbocycles. The number of carbonyl (C=O) groups is 1. The normalized spacial score (nSPS) is 19.2. The molecule has 0 aromatic heterocycles. The van der Waals surface area contributed by atoms with Crippen LogP contribution in [0.5, 0.6) is 11.5 Å². The van der Waals surface area contributed by atoms with Crippen LogP contribution in [0.2, 0.25) is 0 Å². The first-order valence-electron chi connectivity index (χ1n) is 16.3. The van der Waals surface area contributed by atoms with E-state index in [-0.39, 0.29) is 11.5 Å². The number of allylic oxidation sites excluding steroid dienone is 1. The van der Waals surface area contributed by atoms with Gasteiger partial charge in [0.2, 0.25) is 0 Å². The monoisotopic (exact) mass is 578 g/mol. The average Bonchev–Trinajstić information content (AvgIpc) is 3.28. The van der Waals surface area contributed by atoms with Crippen LogP contribution in [-0.2, 0) is 10.3 Å². The van der Waals surface area contributed by atoms with Crippen molar-refractivity contribution in [2.45, 2.75) is 91.2 Å². The van der Waals surface area contributed by atoms with Crippen molar-refractivity contribution in [3.8, 4) is 11.5 Å². The molecule has 0 aliphatic carbocycles. The first-order chi connectivity index (χ1) is 20.7. The Morgan fingerprint density at radius 1 is 0.791 bits per heavy atom. The van der Waals surface area contributed by atoms with Gasteiger partial charge in [-0.25, -0.2) is 4.79 Å². The average molecular weight is 579 g/mol. The van der Waals surface area contributed by atoms with Gasteiger partial charge in [0.15, 0.2) is 5.60 Å². The summed E-state index contributed by atoms with van der Waals surface area (Å²) in [7, 11) is 0. The number of anilines is 2. The molecule has 3 aliphatic heterocycles. The van der Waals surface area contributed by atoms with Gasteiger partial charge < -0.3 is 19.3 Å². The van der Waals surface area contributed by atoms with Crippen LogP contribution in [-0.4, -0.2) is 31.1 Å². The lowest BCUT2D eigenvalue weighted by Gasteiger charge is -2.44. The number of benzene rings is 3. The van der Waals surface area contributed by atoms with Gasteiger partial charge in [0.1, 0.15) is 11.5 Å². The van der Waals surface area contributed by atoms with Crippen LogP contribution in [0.15, 0.2) is 60.7 Å². The number of nitrogens with zero attached hydrogens (tertiary/aromatic N) is 2. The van der Waals surface area contributed by atoms with Gasteiger partial charge in [-0.2, -0.15) is 0 Å². The van der Waals surface area contributed by atoms with E-state index in [1.807, 2.05) is 24.3 Å². The number of rotatable bonds is 10. The van der Waals surface area contributed by atoms with E-state index in [2.05, 4.69) is 87.8 Å². The summed E-state index contributed by atoms with van der Waals surface area (Å²) >= 11 is 0. The maximum Gasteiger partial charge on any atom is 0.340 e. The summed E-state index contributed by atoms with van der Waals surface area (Å²) in [6, 6.07) is 18.7. The minimum absolute atomic E-state index is 0.140. The molecular formula is C38H46N2O3. The fraction of sp³-hybridized carbons (Fsp3) is 0.447. The van der Waals surface area contributed by atoms with Gasteiger partial charge in [-0.15, -0.1) is 0 Å². The first-order valence-corrected chi connectivity index (χ1v) is 16.3. The van der Waals surface area contributed by atoms with Crippen LogP contribution in [0.3, 0.4) is 0 Å². The Kier molecular flexibility index (Phi) is 7.78. The molecule has 1 atom stereocenters. The highest BCUT2D eigenvalue weighted by Gasteiger charge is 2.54. The molecule has 1 unspecified atom stereocenters. The van der Waals surface area contributed by atoms with E-state index >= 15 is 0 Å². The van der Waals surface area contributed by atoms with Gasteiger partial charge >= 0.3 is 5.97 Å². The van der Waals surface area contributed by atoms with E-state index in [9.17, 15) is 4.79 Å². The predicted octanol–water partition coefficient (Wildman–Crippen LogP) is 9.46. The molecule has 0 saturated heterocycles. The molecule has 5 nitrogen and oxygen atoms in total. The Hall–Kier alpha value is -3.73. The Morgan fingerprint density at radius 2 is 1.49 bits per heavy atom. The van der Waals surface area contributed by atoms with Gasteiger partial charge in [-0.05, 0) is 76.4 Å². The number of hydrogen-bond acceptors (Lipinski definition) is 5. The number of carbonyl (C=O) groups excluding carboxylic acids is 1. The molecule has 6 rings (SSSR count). The highest BCUT2D eigenvalue weighted by atomic mass is 16.6. The number of fused-ring (bicyclic) bond motifs is 7. The molecule has 3 heterocycles. The van der Waals surface area contributed by atoms with E-state index in [1.165, 1.54) is 44.1 Å². The van der Waals surface area contributed by atoms with Crippen LogP contribution in [0, 0.1) is 0 Å². The third-order valence-electron chi connectivity index (χ3n) is 9.54. The third kappa shape index (κ3) is 4.81. The molecular weight excluding hydrogens is 532 g/mol. The van der Waals surface area contributed by atoms with Crippen LogP contribution in [0.25, 0.3) is 5.57 Å². The lowest BCUT2D eigenvalue weighted by atomic mass is 9.76. The van der Waals surface area contributed by atoms with Crippen molar-refractivity contribution in [2.24, 2.45) is 0 Å². The standard InChI is InChI=1S/C38H46N2O3/c1-7-10-14-20-39(21-15-11-8-2)27-18-19-31-34(22-27)42-35-23-29-26(4)25-37(5,6)40(9-3)33(29)24-32(35)38(31)30-17-13-12-16-28(30)36(41)43-38/h12-13,16-19,22-25H,7-11,14-15,20-21H2,1-6H3. The summed E-state index contributed by atoms with van der Waals surface area (Å²) in [6.07, 6.45) is 9.51. The Bertz CT molecular complexity index is 1560. The molecule has 3 aliphatic rings. The Morgan fingerprint density at radius 3 is 2.19 bits per heavy atom. The molecule has 0 fully saturated rings. The van der Waals surface area contributed by atoms with E-state index in [0.717, 1.165) is 64.8 Å². The molecule has 43 heavy (non-hydrogen) atoms. The second-order valence-corrected chi connectivity index (χ2v) is 12.9. The summed E-state index contributed by atoms with van der Waals surface area (Å²) in [5.41, 5.74) is 6.75. The van der Waals surface area contributed by atoms with Crippen molar-refractivity contribution in [1.29, 1.82) is 0 Å². The minimum atomic E-state index is -1.07. The Labute approximate surface area is 257 Å². The summed E-state index contributed by atoms with van der Waals surface area (Å²) in [4.78, 5) is 18.4. The van der Waals surface area contributed by atoms with Crippen LogP contribution in [0.4, 0.5) is 11.4 Å². The van der Waals surface area contributed by atoms with E-state index in [0.29, 0.717) is 5.56 Å². The predicted molar refractivity (Wildman–Crippen MR) is 177 cm³/mol. The summed E-state index contributed by atoms with van der Waals surface area (Å²) < 4.78 is 13.4. The topological polar surface area (TPSA) is 42.0 Å². The molecule has 5 heteroatoms. The minimum Gasteiger partial charge on any atom is -0.456 e. The van der Waals surface area contributed by atoms with Gasteiger partial charge in [0.05, 0.1) is 11.1 Å². The van der Waals surface area contributed by atoms with E-state index < -0.39 is 5.60 Å². The molecule has 1 spiro atoms. The molecule has 0 bridgehead atoms. The number of hydrogen-bond donors (Lipinski definition) is 0. The third-order valence-corrected chi connectivity index (χ3v) is 9.54. The van der Waals surface area contributed by atoms with E-state index in [4.69, 9.17) is 9.47 Å². The lowest BCUT2D eigenvalue weighted by molar-refractivity contribution is 0.0224. The molecule has 3 aromatic rings. The second kappa shape index (κ2) is 11.4. The number of unbranched alkanes of at least 4 members (excludes halogenated alkanes) is 4. The summed E-state index contributed by atoms with van der Waals surface area (Å²) in [6.45, 7) is 16.3. The van der Waals surface area contributed by atoms with Crippen LogP contribution < -0.4 is 14.5 Å². The SMILES string of the molecule is CCCCCN(CCCCC)c1ccc2c(c1)Oc1cc3c(cc1C21OC(=O)c2ccccc21)N(CC)C(C)(C)C=C3C. The number of ether oxygens (including phenoxy) is 2. The molecule has 3 aromatic carbocycles. The fourth-order valence-corrected chi connectivity index (χ4v) is 7.48. The van der Waals surface area contributed by atoms with Crippen molar-refractivity contribution >= 4 is 22.9 Å². The maximum absolute atomic E-state index is 13.5. The van der Waals surface area contributed by atoms with Gasteiger partial charge in [0.25, 0.3) is 0 Å². The quantitative estimate of drug-likeness (QED) is 0.177. The van der Waals surface area contributed by atoms with Crippen molar-refractivity contribution in [2.75, 3.05) is 29.4 Å². The summed E-state index contributed by atoms with van der Waals surface area (Å²) in [5, 5.41) is 0. The fourth-order valence-electron chi connectivity index (χ4n) is 7.48. The van der Waals surface area contributed by atoms with Gasteiger partial charge in [-0.3, -0.25) is 0 Å². The van der Waals surface area contributed by atoms with Gasteiger partial charge in [0, 0.05) is 59.3 Å². The second-order valence-electron chi connectivity index (χ2n) is 12.9. The van der Waals surface area contributed by atoms with Crippen LogP contribution in [0.1, 0.15) is 113 Å². The largest absolute Gasteiger partial charge is 0.456 e. The molecule has 226 valence electrons. The van der Waals surface area contributed by atoms with Crippen molar-refractivity contribution in [3.63, 3.8) is 0 Å².